The quantitative estimate of drug-likeness (QED) is 0.0404. The van der Waals surface area contributed by atoms with Crippen LogP contribution in [0.5, 0.6) is 0 Å². The summed E-state index contributed by atoms with van der Waals surface area (Å²) in [5.41, 5.74) is 43.0. The smallest absolute Gasteiger partial charge is 0.243 e. The van der Waals surface area contributed by atoms with Crippen LogP contribution in [0.2, 0.25) is 0 Å². The molecule has 0 radical (unpaired) electrons. The Balaban J connectivity index is 5.18. The van der Waals surface area contributed by atoms with Crippen LogP contribution in [0.3, 0.4) is 0 Å². The van der Waals surface area contributed by atoms with E-state index in [-0.39, 0.29) is 50.2 Å². The SMILES string of the molecule is CC(NC(=O)C(CCCN=C(N)N)NC(=O)C(N)CCCN=C(N)N)C(=O)NC(CCCN=C(N)N)C(N)=O. The van der Waals surface area contributed by atoms with E-state index in [2.05, 4.69) is 30.9 Å². The van der Waals surface area contributed by atoms with Gasteiger partial charge in [0.05, 0.1) is 6.04 Å². The number of primary amides is 1. The second-order valence-corrected chi connectivity index (χ2v) is 8.71. The molecule has 222 valence electrons. The minimum Gasteiger partial charge on any atom is -0.370 e. The van der Waals surface area contributed by atoms with Gasteiger partial charge in [-0.15, -0.1) is 0 Å². The summed E-state index contributed by atoms with van der Waals surface area (Å²) >= 11 is 0. The number of hydrogen-bond donors (Lipinski definition) is 11. The van der Waals surface area contributed by atoms with E-state index in [1.165, 1.54) is 6.92 Å². The minimum absolute atomic E-state index is 0.0724. The number of nitrogens with zero attached hydrogens (tertiary/aromatic N) is 3. The molecular weight excluding hydrogens is 512 g/mol. The van der Waals surface area contributed by atoms with Crippen molar-refractivity contribution in [1.82, 2.24) is 16.0 Å². The Kier molecular flexibility index (Phi) is 16.7. The largest absolute Gasteiger partial charge is 0.370 e. The van der Waals surface area contributed by atoms with Crippen molar-refractivity contribution in [3.8, 4) is 0 Å². The molecule has 0 aromatic rings. The van der Waals surface area contributed by atoms with Gasteiger partial charge in [0.1, 0.15) is 18.1 Å². The molecule has 0 rings (SSSR count). The summed E-state index contributed by atoms with van der Waals surface area (Å²) in [6.45, 7) is 2.16. The van der Waals surface area contributed by atoms with Crippen molar-refractivity contribution in [3.05, 3.63) is 0 Å². The van der Waals surface area contributed by atoms with Crippen LogP contribution in [0.4, 0.5) is 0 Å². The molecule has 0 fully saturated rings. The topological polar surface area (TPSA) is 350 Å². The molecule has 0 saturated carbocycles. The molecule has 4 atom stereocenters. The van der Waals surface area contributed by atoms with Crippen molar-refractivity contribution in [2.24, 2.45) is 60.8 Å². The van der Waals surface area contributed by atoms with Crippen LogP contribution < -0.4 is 61.8 Å². The van der Waals surface area contributed by atoms with Gasteiger partial charge >= 0.3 is 0 Å². The summed E-state index contributed by atoms with van der Waals surface area (Å²) in [6.07, 6.45) is 1.76. The van der Waals surface area contributed by atoms with Gasteiger partial charge in [0, 0.05) is 19.6 Å². The number of aliphatic imine (C=N–C) groups is 3. The summed E-state index contributed by atoms with van der Waals surface area (Å²) in [5.74, 6) is -2.92. The Morgan fingerprint density at radius 1 is 0.590 bits per heavy atom. The summed E-state index contributed by atoms with van der Waals surface area (Å²) in [5, 5.41) is 7.60. The average Bonchev–Trinajstić information content (AvgIpc) is 2.84. The fourth-order valence-corrected chi connectivity index (χ4v) is 3.17. The van der Waals surface area contributed by atoms with Gasteiger partial charge in [-0.1, -0.05) is 0 Å². The molecule has 18 heteroatoms. The highest BCUT2D eigenvalue weighted by Gasteiger charge is 2.27. The Hall–Kier alpha value is -4.35. The lowest BCUT2D eigenvalue weighted by atomic mass is 10.1. The van der Waals surface area contributed by atoms with Crippen molar-refractivity contribution in [3.63, 3.8) is 0 Å². The highest BCUT2D eigenvalue weighted by molar-refractivity contribution is 5.94. The van der Waals surface area contributed by atoms with E-state index < -0.39 is 47.8 Å². The van der Waals surface area contributed by atoms with Crippen LogP contribution >= 0.6 is 0 Å². The highest BCUT2D eigenvalue weighted by atomic mass is 16.2. The summed E-state index contributed by atoms with van der Waals surface area (Å²) in [4.78, 5) is 61.4. The van der Waals surface area contributed by atoms with E-state index in [0.29, 0.717) is 25.8 Å². The number of carbonyl (C=O) groups excluding carboxylic acids is 4. The van der Waals surface area contributed by atoms with Crippen LogP contribution in [0, 0.1) is 0 Å². The van der Waals surface area contributed by atoms with Crippen molar-refractivity contribution in [1.29, 1.82) is 0 Å². The van der Waals surface area contributed by atoms with Crippen LogP contribution in [-0.2, 0) is 19.2 Å². The van der Waals surface area contributed by atoms with Crippen molar-refractivity contribution < 1.29 is 19.2 Å². The molecule has 0 aromatic carbocycles. The van der Waals surface area contributed by atoms with E-state index in [9.17, 15) is 19.2 Å². The van der Waals surface area contributed by atoms with E-state index in [4.69, 9.17) is 45.9 Å². The molecule has 18 nitrogen and oxygen atoms in total. The molecular formula is C21H44N14O4. The summed E-state index contributed by atoms with van der Waals surface area (Å²) in [6, 6.07) is -4.04. The number of hydrogen-bond acceptors (Lipinski definition) is 8. The van der Waals surface area contributed by atoms with E-state index >= 15 is 0 Å². The molecule has 0 aliphatic heterocycles. The monoisotopic (exact) mass is 556 g/mol. The third kappa shape index (κ3) is 16.9. The third-order valence-electron chi connectivity index (χ3n) is 5.24. The zero-order valence-electron chi connectivity index (χ0n) is 22.3. The standard InChI is InChI=1S/C21H44N14O4/c1-11(16(37)34-13(15(23)36)6-3-9-31-20(26)27)33-18(39)14(7-4-10-32-21(28)29)35-17(38)12(22)5-2-8-30-19(24)25/h11-14H,2-10,22H2,1H3,(H2,23,36)(H,33,39)(H,34,37)(H,35,38)(H4,24,25,30)(H4,26,27,31)(H4,28,29,32). The van der Waals surface area contributed by atoms with Gasteiger partial charge in [0.2, 0.25) is 23.6 Å². The molecule has 39 heavy (non-hydrogen) atoms. The van der Waals surface area contributed by atoms with Crippen LogP contribution in [0.25, 0.3) is 0 Å². The molecule has 0 aliphatic carbocycles. The second kappa shape index (κ2) is 18.8. The second-order valence-electron chi connectivity index (χ2n) is 8.71. The van der Waals surface area contributed by atoms with Crippen LogP contribution in [-0.4, -0.2) is 85.3 Å². The Morgan fingerprint density at radius 2 is 1.00 bits per heavy atom. The first-order valence-electron chi connectivity index (χ1n) is 12.4. The molecule has 19 N–H and O–H groups in total. The molecule has 0 saturated heterocycles. The Morgan fingerprint density at radius 3 is 1.44 bits per heavy atom. The predicted molar refractivity (Wildman–Crippen MR) is 148 cm³/mol. The number of carbonyl (C=O) groups is 4. The Bertz CT molecular complexity index is 895. The molecule has 0 bridgehead atoms. The fraction of sp³-hybridized carbons (Fsp3) is 0.667. The number of amides is 4. The van der Waals surface area contributed by atoms with E-state index in [0.717, 1.165) is 0 Å². The normalized spacial score (nSPS) is 13.5. The highest BCUT2D eigenvalue weighted by Crippen LogP contribution is 2.04. The number of guanidine groups is 3. The first kappa shape index (κ1) is 34.6. The molecule has 4 unspecified atom stereocenters. The third-order valence-corrected chi connectivity index (χ3v) is 5.24. The van der Waals surface area contributed by atoms with Gasteiger partial charge < -0.3 is 61.8 Å². The van der Waals surface area contributed by atoms with Gasteiger partial charge in [0.25, 0.3) is 0 Å². The predicted octanol–water partition coefficient (Wildman–Crippen LogP) is -5.57. The maximum absolute atomic E-state index is 13.0. The molecule has 0 aliphatic rings. The van der Waals surface area contributed by atoms with Crippen molar-refractivity contribution >= 4 is 41.5 Å². The van der Waals surface area contributed by atoms with Gasteiger partial charge in [-0.3, -0.25) is 34.2 Å². The molecule has 4 amide bonds. The zero-order chi connectivity index (χ0) is 30.0. The van der Waals surface area contributed by atoms with Gasteiger partial charge in [-0.2, -0.15) is 0 Å². The fourth-order valence-electron chi connectivity index (χ4n) is 3.17. The maximum Gasteiger partial charge on any atom is 0.243 e. The number of nitrogens with two attached hydrogens (primary N) is 8. The average molecular weight is 557 g/mol. The van der Waals surface area contributed by atoms with Crippen LogP contribution in [0.1, 0.15) is 45.4 Å². The molecule has 0 aromatic heterocycles. The zero-order valence-corrected chi connectivity index (χ0v) is 22.3. The number of nitrogens with one attached hydrogen (secondary N) is 3. The van der Waals surface area contributed by atoms with Crippen LogP contribution in [0.15, 0.2) is 15.0 Å². The minimum atomic E-state index is -1.07. The van der Waals surface area contributed by atoms with Gasteiger partial charge in [-0.25, -0.2) is 0 Å². The Labute approximate surface area is 227 Å². The first-order chi connectivity index (χ1) is 18.2. The van der Waals surface area contributed by atoms with Gasteiger partial charge in [-0.05, 0) is 45.4 Å². The maximum atomic E-state index is 13.0. The lowest BCUT2D eigenvalue weighted by molar-refractivity contribution is -0.133. The lowest BCUT2D eigenvalue weighted by Gasteiger charge is -2.23. The molecule has 0 spiro atoms. The number of rotatable bonds is 19. The first-order valence-corrected chi connectivity index (χ1v) is 12.4. The summed E-state index contributed by atoms with van der Waals surface area (Å²) < 4.78 is 0. The molecule has 0 heterocycles. The van der Waals surface area contributed by atoms with Gasteiger partial charge in [0.15, 0.2) is 17.9 Å². The van der Waals surface area contributed by atoms with E-state index in [1.807, 2.05) is 0 Å². The lowest BCUT2D eigenvalue weighted by Crippen LogP contribution is -2.56. The van der Waals surface area contributed by atoms with E-state index in [1.54, 1.807) is 0 Å². The van der Waals surface area contributed by atoms with Crippen molar-refractivity contribution in [2.45, 2.75) is 69.6 Å². The summed E-state index contributed by atoms with van der Waals surface area (Å²) in [7, 11) is 0. The van der Waals surface area contributed by atoms with Crippen molar-refractivity contribution in [2.75, 3.05) is 19.6 Å².